The van der Waals surface area contributed by atoms with Gasteiger partial charge in [0.2, 0.25) is 0 Å². The molecule has 0 amide bonds. The van der Waals surface area contributed by atoms with E-state index in [0.717, 1.165) is 5.82 Å². The van der Waals surface area contributed by atoms with Gasteiger partial charge in [-0.25, -0.2) is 4.98 Å². The zero-order chi connectivity index (χ0) is 8.44. The zero-order valence-corrected chi connectivity index (χ0v) is 7.38. The summed E-state index contributed by atoms with van der Waals surface area (Å²) in [5, 5.41) is 3.47. The number of hydrogen-bond acceptors (Lipinski definition) is 2. The summed E-state index contributed by atoms with van der Waals surface area (Å²) >= 11 is 0. The van der Waals surface area contributed by atoms with E-state index in [-0.39, 0.29) is 0 Å². The molecule has 0 aliphatic heterocycles. The standard InChI is InChI=1S/C10H14N2/c1-2-10(6-7-10)12-9-5-3-4-8-11-9/h3-5,8H,2,6-7H2,1H3,(H,11,12). The summed E-state index contributed by atoms with van der Waals surface area (Å²) in [6.07, 6.45) is 5.61. The van der Waals surface area contributed by atoms with Crippen molar-refractivity contribution in [3.05, 3.63) is 24.4 Å². The van der Waals surface area contributed by atoms with Crippen LogP contribution in [0.1, 0.15) is 26.2 Å². The Morgan fingerprint density at radius 1 is 1.50 bits per heavy atom. The molecule has 0 atom stereocenters. The lowest BCUT2D eigenvalue weighted by molar-refractivity contribution is 0.698. The van der Waals surface area contributed by atoms with Crippen LogP contribution < -0.4 is 5.32 Å². The maximum atomic E-state index is 4.24. The fourth-order valence-electron chi connectivity index (χ4n) is 1.43. The third kappa shape index (κ3) is 1.42. The monoisotopic (exact) mass is 162 g/mol. The van der Waals surface area contributed by atoms with Crippen molar-refractivity contribution in [2.24, 2.45) is 0 Å². The second kappa shape index (κ2) is 2.77. The first kappa shape index (κ1) is 7.59. The van der Waals surface area contributed by atoms with E-state index in [1.807, 2.05) is 24.4 Å². The summed E-state index contributed by atoms with van der Waals surface area (Å²) in [5.74, 6) is 1.01. The van der Waals surface area contributed by atoms with Crippen LogP contribution in [0.25, 0.3) is 0 Å². The Morgan fingerprint density at radius 2 is 2.33 bits per heavy atom. The molecule has 0 unspecified atom stereocenters. The molecule has 1 fully saturated rings. The number of aromatic nitrogens is 1. The van der Waals surface area contributed by atoms with Crippen molar-refractivity contribution in [2.75, 3.05) is 5.32 Å². The Bertz CT molecular complexity index is 252. The van der Waals surface area contributed by atoms with Crippen LogP contribution in [0.4, 0.5) is 5.82 Å². The summed E-state index contributed by atoms with van der Waals surface area (Å²) in [6, 6.07) is 5.98. The molecule has 1 N–H and O–H groups in total. The van der Waals surface area contributed by atoms with Crippen LogP contribution in [-0.4, -0.2) is 10.5 Å². The molecule has 2 heteroatoms. The van der Waals surface area contributed by atoms with Crippen molar-refractivity contribution < 1.29 is 0 Å². The first-order valence-corrected chi connectivity index (χ1v) is 4.54. The molecule has 1 saturated carbocycles. The van der Waals surface area contributed by atoms with Crippen molar-refractivity contribution in [2.45, 2.75) is 31.7 Å². The molecule has 1 aliphatic rings. The highest BCUT2D eigenvalue weighted by Gasteiger charge is 2.40. The van der Waals surface area contributed by atoms with Crippen molar-refractivity contribution in [3.63, 3.8) is 0 Å². The van der Waals surface area contributed by atoms with Crippen LogP contribution in [0.15, 0.2) is 24.4 Å². The van der Waals surface area contributed by atoms with Gasteiger partial charge in [-0.2, -0.15) is 0 Å². The molecule has 0 bridgehead atoms. The topological polar surface area (TPSA) is 24.9 Å². The molecule has 0 aromatic carbocycles. The Morgan fingerprint density at radius 3 is 2.83 bits per heavy atom. The predicted molar refractivity (Wildman–Crippen MR) is 50.1 cm³/mol. The number of nitrogens with one attached hydrogen (secondary N) is 1. The molecule has 1 aromatic rings. The Kier molecular flexibility index (Phi) is 1.75. The highest BCUT2D eigenvalue weighted by atomic mass is 15.1. The van der Waals surface area contributed by atoms with E-state index in [1.165, 1.54) is 19.3 Å². The van der Waals surface area contributed by atoms with Crippen LogP contribution in [0.5, 0.6) is 0 Å². The molecule has 1 aliphatic carbocycles. The fourth-order valence-corrected chi connectivity index (χ4v) is 1.43. The minimum Gasteiger partial charge on any atom is -0.365 e. The highest BCUT2D eigenvalue weighted by molar-refractivity contribution is 5.39. The second-order valence-corrected chi connectivity index (χ2v) is 3.47. The SMILES string of the molecule is CCC1(Nc2ccccn2)CC1. The lowest BCUT2D eigenvalue weighted by Gasteiger charge is -2.14. The number of rotatable bonds is 3. The smallest absolute Gasteiger partial charge is 0.126 e. The van der Waals surface area contributed by atoms with Gasteiger partial charge < -0.3 is 5.32 Å². The maximum absolute atomic E-state index is 4.24. The largest absolute Gasteiger partial charge is 0.365 e. The summed E-state index contributed by atoms with van der Waals surface area (Å²) in [5.41, 5.74) is 0.383. The van der Waals surface area contributed by atoms with E-state index in [1.54, 1.807) is 0 Å². The van der Waals surface area contributed by atoms with Crippen LogP contribution >= 0.6 is 0 Å². The summed E-state index contributed by atoms with van der Waals surface area (Å²) in [4.78, 5) is 4.24. The summed E-state index contributed by atoms with van der Waals surface area (Å²) < 4.78 is 0. The molecule has 64 valence electrons. The average molecular weight is 162 g/mol. The number of anilines is 1. The van der Waals surface area contributed by atoms with Gasteiger partial charge >= 0.3 is 0 Å². The van der Waals surface area contributed by atoms with Gasteiger partial charge in [0, 0.05) is 11.7 Å². The van der Waals surface area contributed by atoms with Crippen molar-refractivity contribution >= 4 is 5.82 Å². The van der Waals surface area contributed by atoms with Gasteiger partial charge in [-0.3, -0.25) is 0 Å². The normalized spacial score (nSPS) is 18.8. The number of hydrogen-bond donors (Lipinski definition) is 1. The molecular weight excluding hydrogens is 148 g/mol. The summed E-state index contributed by atoms with van der Waals surface area (Å²) in [6.45, 7) is 2.23. The van der Waals surface area contributed by atoms with Gasteiger partial charge in [0.15, 0.2) is 0 Å². The van der Waals surface area contributed by atoms with E-state index >= 15 is 0 Å². The van der Waals surface area contributed by atoms with E-state index in [2.05, 4.69) is 17.2 Å². The van der Waals surface area contributed by atoms with Gasteiger partial charge in [-0.05, 0) is 31.4 Å². The molecule has 12 heavy (non-hydrogen) atoms. The van der Waals surface area contributed by atoms with Gasteiger partial charge in [-0.15, -0.1) is 0 Å². The molecule has 2 nitrogen and oxygen atoms in total. The Labute approximate surface area is 73.0 Å². The van der Waals surface area contributed by atoms with Gasteiger partial charge in [0.1, 0.15) is 5.82 Å². The van der Waals surface area contributed by atoms with Gasteiger partial charge in [0.05, 0.1) is 0 Å². The minimum atomic E-state index is 0.383. The minimum absolute atomic E-state index is 0.383. The maximum Gasteiger partial charge on any atom is 0.126 e. The first-order chi connectivity index (χ1) is 5.85. The quantitative estimate of drug-likeness (QED) is 0.738. The van der Waals surface area contributed by atoms with Crippen LogP contribution in [0, 0.1) is 0 Å². The van der Waals surface area contributed by atoms with E-state index in [9.17, 15) is 0 Å². The predicted octanol–water partition coefficient (Wildman–Crippen LogP) is 2.44. The van der Waals surface area contributed by atoms with Crippen LogP contribution in [0.2, 0.25) is 0 Å². The van der Waals surface area contributed by atoms with E-state index in [4.69, 9.17) is 0 Å². The first-order valence-electron chi connectivity index (χ1n) is 4.54. The molecule has 0 spiro atoms. The van der Waals surface area contributed by atoms with Gasteiger partial charge in [-0.1, -0.05) is 13.0 Å². The Hall–Kier alpha value is -1.05. The van der Waals surface area contributed by atoms with Crippen molar-refractivity contribution in [3.8, 4) is 0 Å². The average Bonchev–Trinajstić information content (AvgIpc) is 2.88. The number of nitrogens with zero attached hydrogens (tertiary/aromatic N) is 1. The molecule has 0 saturated heterocycles. The third-order valence-electron chi connectivity index (χ3n) is 2.59. The van der Waals surface area contributed by atoms with Crippen molar-refractivity contribution in [1.82, 2.24) is 4.98 Å². The van der Waals surface area contributed by atoms with Crippen molar-refractivity contribution in [1.29, 1.82) is 0 Å². The zero-order valence-electron chi connectivity index (χ0n) is 7.38. The summed E-state index contributed by atoms with van der Waals surface area (Å²) in [7, 11) is 0. The molecular formula is C10H14N2. The fraction of sp³-hybridized carbons (Fsp3) is 0.500. The second-order valence-electron chi connectivity index (χ2n) is 3.47. The Balaban J connectivity index is 2.04. The van der Waals surface area contributed by atoms with Crippen LogP contribution in [0.3, 0.4) is 0 Å². The van der Waals surface area contributed by atoms with E-state index < -0.39 is 0 Å². The highest BCUT2D eigenvalue weighted by Crippen LogP contribution is 2.41. The molecule has 0 radical (unpaired) electrons. The van der Waals surface area contributed by atoms with Gasteiger partial charge in [0.25, 0.3) is 0 Å². The molecule has 2 rings (SSSR count). The molecule has 1 aromatic heterocycles. The third-order valence-corrected chi connectivity index (χ3v) is 2.59. The lowest BCUT2D eigenvalue weighted by atomic mass is 10.2. The number of pyridine rings is 1. The lowest BCUT2D eigenvalue weighted by Crippen LogP contribution is -2.20. The van der Waals surface area contributed by atoms with E-state index in [0.29, 0.717) is 5.54 Å². The van der Waals surface area contributed by atoms with Crippen LogP contribution in [-0.2, 0) is 0 Å². The molecule has 1 heterocycles.